The molecular formula is C13H13F3N2O4. The van der Waals surface area contributed by atoms with E-state index in [0.717, 1.165) is 6.92 Å². The summed E-state index contributed by atoms with van der Waals surface area (Å²) in [5.41, 5.74) is 0.418. The van der Waals surface area contributed by atoms with Crippen molar-refractivity contribution in [2.75, 3.05) is 0 Å². The Morgan fingerprint density at radius 2 is 2.05 bits per heavy atom. The van der Waals surface area contributed by atoms with Crippen molar-refractivity contribution >= 4 is 17.7 Å². The molecule has 6 nitrogen and oxygen atoms in total. The van der Waals surface area contributed by atoms with Gasteiger partial charge in [0.25, 0.3) is 5.91 Å². The Morgan fingerprint density at radius 1 is 1.41 bits per heavy atom. The van der Waals surface area contributed by atoms with Crippen molar-refractivity contribution in [1.82, 2.24) is 9.88 Å². The van der Waals surface area contributed by atoms with Gasteiger partial charge in [0.15, 0.2) is 0 Å². The molecule has 2 atom stereocenters. The predicted octanol–water partition coefficient (Wildman–Crippen LogP) is 1.31. The summed E-state index contributed by atoms with van der Waals surface area (Å²) in [5.74, 6) is -3.49. The van der Waals surface area contributed by atoms with E-state index in [1.807, 2.05) is 0 Å². The molecule has 2 rings (SSSR count). The predicted molar refractivity (Wildman–Crippen MR) is 67.4 cm³/mol. The molecule has 2 unspecified atom stereocenters. The fraction of sp³-hybridized carbons (Fsp3) is 0.462. The second kappa shape index (κ2) is 5.47. The Kier molecular flexibility index (Phi) is 3.99. The topological polar surface area (TPSA) is 88.4 Å². The lowest BCUT2D eigenvalue weighted by Gasteiger charge is -2.18. The quantitative estimate of drug-likeness (QED) is 0.819. The van der Waals surface area contributed by atoms with Gasteiger partial charge < -0.3 is 15.0 Å². The first-order chi connectivity index (χ1) is 10.1. The number of carboxylic acids is 1. The minimum Gasteiger partial charge on any atom is -0.478 e. The highest BCUT2D eigenvalue weighted by molar-refractivity contribution is 6.37. The Hall–Kier alpha value is -2.32. The molecule has 1 aliphatic rings. The van der Waals surface area contributed by atoms with E-state index in [-0.39, 0.29) is 18.4 Å². The van der Waals surface area contributed by atoms with Crippen LogP contribution in [-0.2, 0) is 16.0 Å². The van der Waals surface area contributed by atoms with E-state index >= 15 is 0 Å². The fourth-order valence-electron chi connectivity index (χ4n) is 2.40. The van der Waals surface area contributed by atoms with Crippen LogP contribution in [0.15, 0.2) is 12.3 Å². The summed E-state index contributed by atoms with van der Waals surface area (Å²) in [7, 11) is 0. The molecule has 0 aromatic carbocycles. The molecule has 1 aliphatic heterocycles. The number of carboxylic acid groups (broad SMARTS) is 1. The van der Waals surface area contributed by atoms with Crippen LogP contribution in [0.2, 0.25) is 0 Å². The molecule has 2 heterocycles. The minimum absolute atomic E-state index is 0.0272. The van der Waals surface area contributed by atoms with Crippen LogP contribution in [0, 0.1) is 0 Å². The number of nitrogens with one attached hydrogen (secondary N) is 1. The maximum absolute atomic E-state index is 12.4. The second-order valence-electron chi connectivity index (χ2n) is 5.04. The van der Waals surface area contributed by atoms with Gasteiger partial charge in [0.2, 0.25) is 5.78 Å². The number of nitrogens with zero attached hydrogens (tertiary/aromatic N) is 1. The minimum atomic E-state index is -4.64. The third-order valence-corrected chi connectivity index (χ3v) is 3.61. The third kappa shape index (κ3) is 2.83. The molecule has 0 saturated heterocycles. The molecule has 1 amide bonds. The number of alkyl halides is 3. The number of halogens is 3. The molecule has 0 radical (unpaired) electrons. The molecule has 0 bridgehead atoms. The first-order valence-electron chi connectivity index (χ1n) is 6.47. The zero-order valence-corrected chi connectivity index (χ0v) is 11.5. The van der Waals surface area contributed by atoms with Crippen LogP contribution >= 0.6 is 0 Å². The maximum atomic E-state index is 12.4. The monoisotopic (exact) mass is 318 g/mol. The average Bonchev–Trinajstić information content (AvgIpc) is 2.96. The normalized spacial score (nSPS) is 18.6. The maximum Gasteiger partial charge on any atom is 0.408 e. The Balaban J connectivity index is 2.13. The molecule has 120 valence electrons. The molecule has 1 aromatic rings. The number of carbonyl (C=O) groups is 3. The van der Waals surface area contributed by atoms with E-state index in [2.05, 4.69) is 0 Å². The number of amides is 1. The number of aromatic nitrogens is 1. The number of Topliss-reactive ketones (excluding diaryl/α,β-unsaturated/α-hetero) is 1. The Bertz CT molecular complexity index is 636. The number of aromatic carboxylic acids is 1. The molecule has 0 saturated carbocycles. The van der Waals surface area contributed by atoms with Gasteiger partial charge in [-0.25, -0.2) is 4.79 Å². The lowest BCUT2D eigenvalue weighted by atomic mass is 10.1. The van der Waals surface area contributed by atoms with Crippen LogP contribution < -0.4 is 5.32 Å². The van der Waals surface area contributed by atoms with Crippen molar-refractivity contribution in [1.29, 1.82) is 0 Å². The summed E-state index contributed by atoms with van der Waals surface area (Å²) < 4.78 is 38.5. The first kappa shape index (κ1) is 16.1. The smallest absolute Gasteiger partial charge is 0.408 e. The number of hydrogen-bond acceptors (Lipinski definition) is 3. The SMILES string of the molecule is CC(NC(=O)C(=O)C1CCc2c(C(=O)O)ccn21)C(F)(F)F. The van der Waals surface area contributed by atoms with Gasteiger partial charge in [-0.2, -0.15) is 13.2 Å². The van der Waals surface area contributed by atoms with Crippen LogP contribution in [0.4, 0.5) is 13.2 Å². The van der Waals surface area contributed by atoms with E-state index in [0.29, 0.717) is 5.69 Å². The molecule has 1 aromatic heterocycles. The van der Waals surface area contributed by atoms with Crippen LogP contribution in [0.5, 0.6) is 0 Å². The summed E-state index contributed by atoms with van der Waals surface area (Å²) in [6.45, 7) is 0.740. The number of fused-ring (bicyclic) bond motifs is 1. The van der Waals surface area contributed by atoms with Gasteiger partial charge >= 0.3 is 12.1 Å². The van der Waals surface area contributed by atoms with Crippen molar-refractivity contribution < 1.29 is 32.7 Å². The molecule has 0 spiro atoms. The van der Waals surface area contributed by atoms with Crippen LogP contribution in [0.25, 0.3) is 0 Å². The van der Waals surface area contributed by atoms with E-state index in [1.54, 1.807) is 5.32 Å². The summed E-state index contributed by atoms with van der Waals surface area (Å²) >= 11 is 0. The van der Waals surface area contributed by atoms with Crippen LogP contribution in [0.3, 0.4) is 0 Å². The molecule has 0 aliphatic carbocycles. The zero-order valence-electron chi connectivity index (χ0n) is 11.5. The molecule has 9 heteroatoms. The molecular weight excluding hydrogens is 305 g/mol. The number of hydrogen-bond donors (Lipinski definition) is 2. The average molecular weight is 318 g/mol. The van der Waals surface area contributed by atoms with Crippen molar-refractivity contribution in [3.8, 4) is 0 Å². The van der Waals surface area contributed by atoms with Gasteiger partial charge in [0, 0.05) is 11.9 Å². The second-order valence-corrected chi connectivity index (χ2v) is 5.04. The van der Waals surface area contributed by atoms with Crippen molar-refractivity contribution in [3.05, 3.63) is 23.5 Å². The fourth-order valence-corrected chi connectivity index (χ4v) is 2.40. The summed E-state index contributed by atoms with van der Waals surface area (Å²) in [4.78, 5) is 34.6. The van der Waals surface area contributed by atoms with Gasteiger partial charge in [0.05, 0.1) is 5.56 Å². The van der Waals surface area contributed by atoms with Crippen LogP contribution in [0.1, 0.15) is 35.4 Å². The highest BCUT2D eigenvalue weighted by Crippen LogP contribution is 2.30. The van der Waals surface area contributed by atoms with Gasteiger partial charge in [-0.3, -0.25) is 9.59 Å². The van der Waals surface area contributed by atoms with Gasteiger partial charge in [-0.15, -0.1) is 0 Å². The van der Waals surface area contributed by atoms with E-state index in [9.17, 15) is 27.6 Å². The molecule has 22 heavy (non-hydrogen) atoms. The summed E-state index contributed by atoms with van der Waals surface area (Å²) in [6, 6.07) is -1.81. The summed E-state index contributed by atoms with van der Waals surface area (Å²) in [5, 5.41) is 10.6. The van der Waals surface area contributed by atoms with Gasteiger partial charge in [-0.05, 0) is 25.8 Å². The van der Waals surface area contributed by atoms with Crippen molar-refractivity contribution in [2.45, 2.75) is 38.0 Å². The Morgan fingerprint density at radius 3 is 2.59 bits per heavy atom. The standard InChI is InChI=1S/C13H13F3N2O4/c1-6(13(14,15)16)17-11(20)10(19)9-3-2-8-7(12(21)22)4-5-18(8)9/h4-6,9H,2-3H2,1H3,(H,17,20)(H,21,22). The van der Waals surface area contributed by atoms with E-state index < -0.39 is 35.9 Å². The van der Waals surface area contributed by atoms with Gasteiger partial charge in [-0.1, -0.05) is 0 Å². The van der Waals surface area contributed by atoms with E-state index in [4.69, 9.17) is 5.11 Å². The Labute approximate surface area is 122 Å². The number of carbonyl (C=O) groups excluding carboxylic acids is 2. The lowest BCUT2D eigenvalue weighted by molar-refractivity contribution is -0.160. The zero-order chi connectivity index (χ0) is 16.7. The number of ketones is 1. The van der Waals surface area contributed by atoms with Crippen molar-refractivity contribution in [2.24, 2.45) is 0 Å². The van der Waals surface area contributed by atoms with Crippen molar-refractivity contribution in [3.63, 3.8) is 0 Å². The first-order valence-corrected chi connectivity index (χ1v) is 6.47. The van der Waals surface area contributed by atoms with Gasteiger partial charge in [0.1, 0.15) is 12.1 Å². The van der Waals surface area contributed by atoms with E-state index in [1.165, 1.54) is 16.8 Å². The lowest BCUT2D eigenvalue weighted by Crippen LogP contribution is -2.47. The highest BCUT2D eigenvalue weighted by atomic mass is 19.4. The van der Waals surface area contributed by atoms with Crippen LogP contribution in [-0.4, -0.2) is 39.6 Å². The molecule has 2 N–H and O–H groups in total. The number of rotatable bonds is 4. The summed E-state index contributed by atoms with van der Waals surface area (Å²) in [6.07, 6.45) is -2.83. The highest BCUT2D eigenvalue weighted by Gasteiger charge is 2.40. The largest absolute Gasteiger partial charge is 0.478 e. The third-order valence-electron chi connectivity index (χ3n) is 3.61. The molecule has 0 fully saturated rings.